The van der Waals surface area contributed by atoms with Crippen LogP contribution in [0.2, 0.25) is 0 Å². The fraction of sp³-hybridized carbons (Fsp3) is 0.625. The molecule has 2 aromatic rings. The van der Waals surface area contributed by atoms with Crippen LogP contribution in [-0.2, 0) is 41.4 Å². The van der Waals surface area contributed by atoms with E-state index in [9.17, 15) is 0 Å². The minimum absolute atomic E-state index is 0.607. The van der Waals surface area contributed by atoms with E-state index in [-0.39, 0.29) is 0 Å². The molecular formula is C16H28N4O3+2. The monoisotopic (exact) mass is 324 g/mol. The molecule has 0 aliphatic carbocycles. The van der Waals surface area contributed by atoms with Crippen LogP contribution in [-0.4, -0.2) is 48.8 Å². The molecule has 2 rings (SSSR count). The zero-order valence-electron chi connectivity index (χ0n) is 14.1. The molecule has 0 saturated heterocycles. The van der Waals surface area contributed by atoms with Gasteiger partial charge >= 0.3 is 0 Å². The van der Waals surface area contributed by atoms with Crippen LogP contribution in [0.15, 0.2) is 37.4 Å². The molecule has 0 aromatic carbocycles. The number of ether oxygens (including phenoxy) is 3. The molecule has 0 N–H and O–H groups in total. The van der Waals surface area contributed by atoms with E-state index in [1.165, 1.54) is 0 Å². The van der Waals surface area contributed by atoms with Gasteiger partial charge in [-0.25, -0.2) is 18.3 Å². The molecule has 23 heavy (non-hydrogen) atoms. The summed E-state index contributed by atoms with van der Waals surface area (Å²) in [5, 5.41) is 0. The number of nitrogens with zero attached hydrogens (tertiary/aromatic N) is 4. The molecule has 0 radical (unpaired) electrons. The second-order valence-corrected chi connectivity index (χ2v) is 5.47. The highest BCUT2D eigenvalue weighted by molar-refractivity contribution is 4.62. The van der Waals surface area contributed by atoms with Gasteiger partial charge in [0.1, 0.15) is 37.9 Å². The second kappa shape index (κ2) is 10.1. The number of hydrogen-bond donors (Lipinski definition) is 0. The Hall–Kier alpha value is -1.70. The van der Waals surface area contributed by atoms with Crippen LogP contribution in [0.3, 0.4) is 0 Å². The van der Waals surface area contributed by atoms with Gasteiger partial charge in [-0.1, -0.05) is 0 Å². The van der Waals surface area contributed by atoms with E-state index in [1.54, 1.807) is 0 Å². The third kappa shape index (κ3) is 7.40. The summed E-state index contributed by atoms with van der Waals surface area (Å²) in [7, 11) is 4.01. The van der Waals surface area contributed by atoms with Crippen molar-refractivity contribution in [3.8, 4) is 0 Å². The number of hydrogen-bond acceptors (Lipinski definition) is 3. The maximum absolute atomic E-state index is 5.53. The van der Waals surface area contributed by atoms with Crippen LogP contribution in [0, 0.1) is 0 Å². The van der Waals surface area contributed by atoms with Crippen LogP contribution in [0.5, 0.6) is 0 Å². The van der Waals surface area contributed by atoms with Gasteiger partial charge in [-0.15, -0.1) is 0 Å². The molecule has 0 amide bonds. The number of aryl methyl sites for hydroxylation is 2. The Morgan fingerprint density at radius 3 is 1.39 bits per heavy atom. The molecule has 0 fully saturated rings. The first-order valence-corrected chi connectivity index (χ1v) is 7.99. The summed E-state index contributed by atoms with van der Waals surface area (Å²) >= 11 is 0. The Labute approximate surface area is 137 Å². The van der Waals surface area contributed by atoms with Gasteiger partial charge in [0.2, 0.25) is 12.7 Å². The van der Waals surface area contributed by atoms with E-state index < -0.39 is 0 Å². The molecule has 7 heteroatoms. The Morgan fingerprint density at radius 2 is 1.04 bits per heavy atom. The smallest absolute Gasteiger partial charge is 0.243 e. The molecule has 128 valence electrons. The SMILES string of the molecule is Cn1cc[n+](CCOCCOCCOCC[n+]2ccn(C)c2)c1. The van der Waals surface area contributed by atoms with E-state index in [1.807, 2.05) is 60.7 Å². The molecule has 0 saturated carbocycles. The van der Waals surface area contributed by atoms with Crippen LogP contribution >= 0.6 is 0 Å². The van der Waals surface area contributed by atoms with Crippen molar-refractivity contribution in [2.45, 2.75) is 13.1 Å². The van der Waals surface area contributed by atoms with Crippen LogP contribution in [0.25, 0.3) is 0 Å². The first kappa shape index (κ1) is 17.7. The molecule has 0 bridgehead atoms. The summed E-state index contributed by atoms with van der Waals surface area (Å²) < 4.78 is 24.8. The van der Waals surface area contributed by atoms with E-state index in [4.69, 9.17) is 14.2 Å². The highest BCUT2D eigenvalue weighted by Crippen LogP contribution is 1.84. The number of rotatable bonds is 12. The van der Waals surface area contributed by atoms with Gasteiger partial charge in [-0.05, 0) is 0 Å². The molecule has 0 aliphatic heterocycles. The molecule has 7 nitrogen and oxygen atoms in total. The van der Waals surface area contributed by atoms with E-state index >= 15 is 0 Å². The average Bonchev–Trinajstić information content (AvgIpc) is 3.13. The highest BCUT2D eigenvalue weighted by Gasteiger charge is 2.00. The summed E-state index contributed by atoms with van der Waals surface area (Å²) in [6.45, 7) is 5.57. The topological polar surface area (TPSA) is 45.3 Å². The van der Waals surface area contributed by atoms with Crippen molar-refractivity contribution in [3.63, 3.8) is 0 Å². The van der Waals surface area contributed by atoms with Gasteiger partial charge in [-0.3, -0.25) is 0 Å². The molecule has 0 spiro atoms. The Morgan fingerprint density at radius 1 is 0.652 bits per heavy atom. The van der Waals surface area contributed by atoms with Gasteiger partial charge in [0, 0.05) is 0 Å². The normalized spacial score (nSPS) is 11.2. The van der Waals surface area contributed by atoms with Crippen LogP contribution in [0.1, 0.15) is 0 Å². The fourth-order valence-corrected chi connectivity index (χ4v) is 2.15. The second-order valence-electron chi connectivity index (χ2n) is 5.47. The van der Waals surface area contributed by atoms with Crippen molar-refractivity contribution in [1.82, 2.24) is 9.13 Å². The lowest BCUT2D eigenvalue weighted by atomic mass is 10.6. The molecular weight excluding hydrogens is 296 g/mol. The first-order valence-electron chi connectivity index (χ1n) is 7.99. The van der Waals surface area contributed by atoms with E-state index in [0.29, 0.717) is 39.6 Å². The minimum Gasteiger partial charge on any atom is -0.377 e. The molecule has 2 heterocycles. The van der Waals surface area contributed by atoms with Crippen molar-refractivity contribution in [3.05, 3.63) is 37.4 Å². The Balaban J connectivity index is 1.34. The summed E-state index contributed by atoms with van der Waals surface area (Å²) in [4.78, 5) is 0. The quantitative estimate of drug-likeness (QED) is 0.397. The van der Waals surface area contributed by atoms with Crippen molar-refractivity contribution in [2.24, 2.45) is 14.1 Å². The predicted molar refractivity (Wildman–Crippen MR) is 83.7 cm³/mol. The van der Waals surface area contributed by atoms with Crippen molar-refractivity contribution >= 4 is 0 Å². The van der Waals surface area contributed by atoms with E-state index in [0.717, 1.165) is 13.1 Å². The fourth-order valence-electron chi connectivity index (χ4n) is 2.15. The Kier molecular flexibility index (Phi) is 7.79. The molecule has 0 aliphatic rings. The van der Waals surface area contributed by atoms with Crippen molar-refractivity contribution in [1.29, 1.82) is 0 Å². The lowest BCUT2D eigenvalue weighted by Gasteiger charge is -2.05. The summed E-state index contributed by atoms with van der Waals surface area (Å²) in [5.41, 5.74) is 0. The zero-order chi connectivity index (χ0) is 16.3. The maximum atomic E-state index is 5.53. The average molecular weight is 324 g/mol. The van der Waals surface area contributed by atoms with Gasteiger partial charge in [-0.2, -0.15) is 0 Å². The summed E-state index contributed by atoms with van der Waals surface area (Å²) in [6.07, 6.45) is 12.2. The molecule has 0 unspecified atom stereocenters. The third-order valence-corrected chi connectivity index (χ3v) is 3.38. The predicted octanol–water partition coefficient (Wildman–Crippen LogP) is -0.311. The van der Waals surface area contributed by atoms with Gasteiger partial charge < -0.3 is 14.2 Å². The number of aromatic nitrogens is 4. The zero-order valence-corrected chi connectivity index (χ0v) is 14.1. The maximum Gasteiger partial charge on any atom is 0.243 e. The van der Waals surface area contributed by atoms with Crippen molar-refractivity contribution < 1.29 is 23.3 Å². The lowest BCUT2D eigenvalue weighted by Crippen LogP contribution is -2.34. The van der Waals surface area contributed by atoms with Gasteiger partial charge in [0.05, 0.1) is 53.7 Å². The minimum atomic E-state index is 0.607. The first-order chi connectivity index (χ1) is 11.2. The Bertz CT molecular complexity index is 505. The number of imidazole rings is 2. The summed E-state index contributed by atoms with van der Waals surface area (Å²) in [5.74, 6) is 0. The lowest BCUT2D eigenvalue weighted by molar-refractivity contribution is -0.698. The largest absolute Gasteiger partial charge is 0.377 e. The third-order valence-electron chi connectivity index (χ3n) is 3.38. The van der Waals surface area contributed by atoms with Crippen molar-refractivity contribution in [2.75, 3.05) is 39.6 Å². The molecule has 2 aromatic heterocycles. The van der Waals surface area contributed by atoms with Gasteiger partial charge in [0.15, 0.2) is 0 Å². The van der Waals surface area contributed by atoms with Gasteiger partial charge in [0.25, 0.3) is 0 Å². The molecule has 0 atom stereocenters. The summed E-state index contributed by atoms with van der Waals surface area (Å²) in [6, 6.07) is 0. The van der Waals surface area contributed by atoms with Crippen LogP contribution in [0.4, 0.5) is 0 Å². The van der Waals surface area contributed by atoms with Crippen LogP contribution < -0.4 is 9.13 Å². The van der Waals surface area contributed by atoms with E-state index in [2.05, 4.69) is 9.13 Å². The standard InChI is InChI=1S/C16H28N4O3/c1-17-3-5-19(15-17)7-9-21-11-13-23-14-12-22-10-8-20-6-4-18(2)16-20/h3-6,15-16H,7-14H2,1-2H3/q+2. The highest BCUT2D eigenvalue weighted by atomic mass is 16.5.